The summed E-state index contributed by atoms with van der Waals surface area (Å²) in [7, 11) is 0. The predicted molar refractivity (Wildman–Crippen MR) is 87.5 cm³/mol. The summed E-state index contributed by atoms with van der Waals surface area (Å²) >= 11 is 3.19. The molecule has 0 spiro atoms. The van der Waals surface area contributed by atoms with Crippen molar-refractivity contribution in [3.05, 3.63) is 44.9 Å². The molecule has 0 unspecified atom stereocenters. The van der Waals surface area contributed by atoms with E-state index in [1.165, 1.54) is 6.07 Å². The molecule has 0 radical (unpaired) electrons. The summed E-state index contributed by atoms with van der Waals surface area (Å²) in [5, 5.41) is 20.4. The second kappa shape index (κ2) is 6.91. The maximum absolute atomic E-state index is 11.3. The molecule has 118 valence electrons. The van der Waals surface area contributed by atoms with Crippen LogP contribution in [0.5, 0.6) is 0 Å². The number of allylic oxidation sites excluding steroid dienone is 1. The summed E-state index contributed by atoms with van der Waals surface area (Å²) in [4.78, 5) is 23.8. The molecule has 0 amide bonds. The Morgan fingerprint density at radius 2 is 2.14 bits per heavy atom. The average Bonchev–Trinajstić information content (AvgIpc) is 2.47. The standard InChI is InChI=1S/C15H17BrN2O4/c1-2-3-10-4-6-17(7-5-10)13-9-12(16)11(15(19)20)8-14(13)18(21)22/h2,8-10H,1,3-7H2,(H,19,20). The van der Waals surface area contributed by atoms with Gasteiger partial charge in [0.1, 0.15) is 5.69 Å². The molecule has 1 aliphatic heterocycles. The van der Waals surface area contributed by atoms with Crippen LogP contribution in [0.15, 0.2) is 29.3 Å². The second-order valence-electron chi connectivity index (χ2n) is 5.34. The van der Waals surface area contributed by atoms with Gasteiger partial charge in [0.05, 0.1) is 10.5 Å². The number of carboxylic acids is 1. The second-order valence-corrected chi connectivity index (χ2v) is 6.19. The lowest BCUT2D eigenvalue weighted by molar-refractivity contribution is -0.384. The first-order valence-electron chi connectivity index (χ1n) is 7.01. The van der Waals surface area contributed by atoms with Gasteiger partial charge in [0.15, 0.2) is 0 Å². The summed E-state index contributed by atoms with van der Waals surface area (Å²) in [5.74, 6) is -0.624. The zero-order valence-corrected chi connectivity index (χ0v) is 13.6. The van der Waals surface area contributed by atoms with Crippen LogP contribution in [0.2, 0.25) is 0 Å². The van der Waals surface area contributed by atoms with E-state index in [2.05, 4.69) is 22.5 Å². The molecule has 1 fully saturated rings. The van der Waals surface area contributed by atoms with Crippen molar-refractivity contribution in [3.8, 4) is 0 Å². The molecule has 1 saturated heterocycles. The third-order valence-electron chi connectivity index (χ3n) is 3.95. The van der Waals surface area contributed by atoms with Gasteiger partial charge in [0, 0.05) is 23.6 Å². The number of nitrogens with zero attached hydrogens (tertiary/aromatic N) is 2. The lowest BCUT2D eigenvalue weighted by atomic mass is 9.93. The number of anilines is 1. The highest BCUT2D eigenvalue weighted by Gasteiger charge is 2.27. The molecule has 22 heavy (non-hydrogen) atoms. The highest BCUT2D eigenvalue weighted by Crippen LogP contribution is 2.36. The maximum Gasteiger partial charge on any atom is 0.337 e. The highest BCUT2D eigenvalue weighted by molar-refractivity contribution is 9.10. The topological polar surface area (TPSA) is 83.7 Å². The Hall–Kier alpha value is -1.89. The van der Waals surface area contributed by atoms with Crippen molar-refractivity contribution in [2.75, 3.05) is 18.0 Å². The summed E-state index contributed by atoms with van der Waals surface area (Å²) in [6, 6.07) is 2.66. The molecule has 0 bridgehead atoms. The Morgan fingerprint density at radius 3 is 2.64 bits per heavy atom. The lowest BCUT2D eigenvalue weighted by Crippen LogP contribution is -2.34. The molecule has 0 aromatic heterocycles. The Balaban J connectivity index is 2.31. The third kappa shape index (κ3) is 3.47. The third-order valence-corrected chi connectivity index (χ3v) is 4.60. The van der Waals surface area contributed by atoms with Crippen LogP contribution in [0.1, 0.15) is 29.6 Å². The van der Waals surface area contributed by atoms with Gasteiger partial charge in [0.2, 0.25) is 0 Å². The number of halogens is 1. The number of carboxylic acid groups (broad SMARTS) is 1. The van der Waals surface area contributed by atoms with Crippen LogP contribution >= 0.6 is 15.9 Å². The van der Waals surface area contributed by atoms with Gasteiger partial charge in [0.25, 0.3) is 5.69 Å². The van der Waals surface area contributed by atoms with Crippen LogP contribution in [0, 0.1) is 16.0 Å². The van der Waals surface area contributed by atoms with E-state index in [9.17, 15) is 14.9 Å². The molecule has 1 heterocycles. The van der Waals surface area contributed by atoms with Gasteiger partial charge in [-0.1, -0.05) is 6.08 Å². The first-order valence-corrected chi connectivity index (χ1v) is 7.80. The van der Waals surface area contributed by atoms with E-state index in [0.717, 1.165) is 38.4 Å². The minimum atomic E-state index is -1.19. The van der Waals surface area contributed by atoms with Crippen LogP contribution in [0.25, 0.3) is 0 Å². The monoisotopic (exact) mass is 368 g/mol. The van der Waals surface area contributed by atoms with E-state index in [0.29, 0.717) is 16.1 Å². The van der Waals surface area contributed by atoms with E-state index in [1.807, 2.05) is 11.0 Å². The number of carbonyl (C=O) groups is 1. The van der Waals surface area contributed by atoms with Gasteiger partial charge in [-0.3, -0.25) is 10.1 Å². The van der Waals surface area contributed by atoms with Crippen molar-refractivity contribution in [3.63, 3.8) is 0 Å². The number of piperidine rings is 1. The highest BCUT2D eigenvalue weighted by atomic mass is 79.9. The molecular formula is C15H17BrN2O4. The van der Waals surface area contributed by atoms with Gasteiger partial charge in [-0.05, 0) is 47.2 Å². The predicted octanol–water partition coefficient (Wildman–Crippen LogP) is 3.85. The Bertz CT molecular complexity index is 610. The van der Waals surface area contributed by atoms with Gasteiger partial charge in [-0.25, -0.2) is 4.79 Å². The van der Waals surface area contributed by atoms with Crippen LogP contribution in [0.3, 0.4) is 0 Å². The quantitative estimate of drug-likeness (QED) is 0.484. The molecule has 2 rings (SSSR count). The summed E-state index contributed by atoms with van der Waals surface area (Å²) in [6.45, 7) is 5.18. The first kappa shape index (κ1) is 16.5. The summed E-state index contributed by atoms with van der Waals surface area (Å²) < 4.78 is 0.355. The number of nitro benzene ring substituents is 1. The molecule has 0 saturated carbocycles. The maximum atomic E-state index is 11.3. The fourth-order valence-corrected chi connectivity index (χ4v) is 3.26. The van der Waals surface area contributed by atoms with E-state index >= 15 is 0 Å². The van der Waals surface area contributed by atoms with E-state index in [1.54, 1.807) is 0 Å². The Labute approximate surface area is 136 Å². The van der Waals surface area contributed by atoms with Crippen molar-refractivity contribution in [2.45, 2.75) is 19.3 Å². The molecular weight excluding hydrogens is 352 g/mol. The molecule has 0 atom stereocenters. The SMILES string of the molecule is C=CCC1CCN(c2cc(Br)c(C(=O)O)cc2[N+](=O)[O-])CC1. The number of hydrogen-bond acceptors (Lipinski definition) is 4. The number of aromatic carboxylic acids is 1. The first-order chi connectivity index (χ1) is 10.4. The van der Waals surface area contributed by atoms with Crippen molar-refractivity contribution >= 4 is 33.3 Å². The van der Waals surface area contributed by atoms with Crippen molar-refractivity contribution in [1.29, 1.82) is 0 Å². The van der Waals surface area contributed by atoms with Crippen LogP contribution in [-0.4, -0.2) is 29.1 Å². The number of benzene rings is 1. The molecule has 0 aliphatic carbocycles. The molecule has 1 aromatic carbocycles. The minimum Gasteiger partial charge on any atom is -0.478 e. The van der Waals surface area contributed by atoms with Gasteiger partial charge in [-0.2, -0.15) is 0 Å². The van der Waals surface area contributed by atoms with Gasteiger partial charge in [-0.15, -0.1) is 6.58 Å². The summed E-state index contributed by atoms with van der Waals surface area (Å²) in [5.41, 5.74) is 0.207. The number of hydrogen-bond donors (Lipinski definition) is 1. The number of rotatable bonds is 5. The molecule has 1 aromatic rings. The minimum absolute atomic E-state index is 0.100. The molecule has 1 aliphatic rings. The Morgan fingerprint density at radius 1 is 1.50 bits per heavy atom. The molecule has 6 nitrogen and oxygen atoms in total. The molecule has 7 heteroatoms. The van der Waals surface area contributed by atoms with Gasteiger partial charge < -0.3 is 10.0 Å². The largest absolute Gasteiger partial charge is 0.478 e. The summed E-state index contributed by atoms with van der Waals surface area (Å²) in [6.07, 6.45) is 4.75. The number of nitro groups is 1. The zero-order valence-electron chi connectivity index (χ0n) is 12.0. The fraction of sp³-hybridized carbons (Fsp3) is 0.400. The van der Waals surface area contributed by atoms with Crippen molar-refractivity contribution in [1.82, 2.24) is 0 Å². The normalized spacial score (nSPS) is 15.6. The average molecular weight is 369 g/mol. The smallest absolute Gasteiger partial charge is 0.337 e. The lowest BCUT2D eigenvalue weighted by Gasteiger charge is -2.33. The van der Waals surface area contributed by atoms with Gasteiger partial charge >= 0.3 is 5.97 Å². The van der Waals surface area contributed by atoms with Crippen LogP contribution in [0.4, 0.5) is 11.4 Å². The Kier molecular flexibility index (Phi) is 5.18. The van der Waals surface area contributed by atoms with Crippen LogP contribution < -0.4 is 4.90 Å². The van der Waals surface area contributed by atoms with E-state index in [4.69, 9.17) is 5.11 Å². The van der Waals surface area contributed by atoms with E-state index in [-0.39, 0.29) is 11.3 Å². The zero-order chi connectivity index (χ0) is 16.3. The van der Waals surface area contributed by atoms with Crippen molar-refractivity contribution < 1.29 is 14.8 Å². The van der Waals surface area contributed by atoms with E-state index < -0.39 is 10.9 Å². The van der Waals surface area contributed by atoms with Crippen LogP contribution in [-0.2, 0) is 0 Å². The molecule has 1 N–H and O–H groups in total. The van der Waals surface area contributed by atoms with Crippen molar-refractivity contribution in [2.24, 2.45) is 5.92 Å². The fourth-order valence-electron chi connectivity index (χ4n) is 2.76.